The van der Waals surface area contributed by atoms with E-state index in [0.717, 1.165) is 0 Å². The van der Waals surface area contributed by atoms with Crippen LogP contribution in [0, 0.1) is 5.92 Å². The van der Waals surface area contributed by atoms with Crippen LogP contribution in [-0.2, 0) is 40.0 Å². The molecule has 0 spiro atoms. The molecule has 14 N–H and O–H groups in total. The molecule has 55 heavy (non-hydrogen) atoms. The predicted octanol–water partition coefficient (Wildman–Crippen LogP) is -1.73. The maximum absolute atomic E-state index is 14.2. The molecule has 1 aliphatic heterocycles. The summed E-state index contributed by atoms with van der Waals surface area (Å²) in [5.41, 5.74) is 22.9. The van der Waals surface area contributed by atoms with Crippen LogP contribution in [0.25, 0.3) is 0 Å². The quantitative estimate of drug-likeness (QED) is 0.0318. The molecule has 0 radical (unpaired) electrons. The topological polar surface area (TPSA) is 328 Å². The Morgan fingerprint density at radius 3 is 2.05 bits per heavy atom. The predicted molar refractivity (Wildman–Crippen MR) is 203 cm³/mol. The summed E-state index contributed by atoms with van der Waals surface area (Å²) >= 11 is 0. The lowest BCUT2D eigenvalue weighted by Crippen LogP contribution is -2.59. The number of nitrogens with one attached hydrogen (secondary N) is 4. The minimum Gasteiger partial charge on any atom is -0.481 e. The zero-order valence-electron chi connectivity index (χ0n) is 31.6. The van der Waals surface area contributed by atoms with E-state index < -0.39 is 84.1 Å². The molecule has 0 bridgehead atoms. The van der Waals surface area contributed by atoms with E-state index >= 15 is 0 Å². The number of carboxylic acids is 2. The number of nitrogens with two attached hydrogens (primary N) is 4. The second-order valence-corrected chi connectivity index (χ2v) is 14.0. The number of carbonyl (C=O) groups is 7. The second-order valence-electron chi connectivity index (χ2n) is 14.0. The highest BCUT2D eigenvalue weighted by Gasteiger charge is 2.40. The van der Waals surface area contributed by atoms with Crippen molar-refractivity contribution in [1.82, 2.24) is 26.2 Å². The molecule has 5 amide bonds. The Kier molecular flexibility index (Phi) is 19.6. The highest BCUT2D eigenvalue weighted by Crippen LogP contribution is 2.21. The smallest absolute Gasteiger partial charge is 0.326 e. The van der Waals surface area contributed by atoms with Crippen LogP contribution < -0.4 is 44.2 Å². The molecule has 306 valence electrons. The van der Waals surface area contributed by atoms with Gasteiger partial charge in [0.1, 0.15) is 30.2 Å². The highest BCUT2D eigenvalue weighted by molar-refractivity contribution is 5.97. The first kappa shape index (κ1) is 45.9. The first-order valence-corrected chi connectivity index (χ1v) is 18.5. The summed E-state index contributed by atoms with van der Waals surface area (Å²) in [6.45, 7) is 4.34. The lowest BCUT2D eigenvalue weighted by atomic mass is 10.0. The summed E-state index contributed by atoms with van der Waals surface area (Å²) in [5.74, 6) is -6.27. The van der Waals surface area contributed by atoms with Gasteiger partial charge in [0.05, 0.1) is 12.5 Å². The second kappa shape index (κ2) is 23.5. The van der Waals surface area contributed by atoms with Gasteiger partial charge in [0, 0.05) is 19.5 Å². The van der Waals surface area contributed by atoms with Gasteiger partial charge in [0.15, 0.2) is 5.96 Å². The van der Waals surface area contributed by atoms with Crippen LogP contribution in [0.1, 0.15) is 77.2 Å². The van der Waals surface area contributed by atoms with E-state index in [2.05, 4.69) is 26.3 Å². The van der Waals surface area contributed by atoms with Crippen molar-refractivity contribution in [2.45, 2.75) is 114 Å². The molecular weight excluding hydrogens is 716 g/mol. The van der Waals surface area contributed by atoms with Crippen LogP contribution in [0.2, 0.25) is 0 Å². The molecule has 2 rings (SSSR count). The Bertz CT molecular complexity index is 1490. The van der Waals surface area contributed by atoms with Crippen LogP contribution in [0.4, 0.5) is 0 Å². The minimum absolute atomic E-state index is 0.0169. The van der Waals surface area contributed by atoms with Crippen molar-refractivity contribution in [1.29, 1.82) is 0 Å². The van der Waals surface area contributed by atoms with E-state index in [0.29, 0.717) is 31.4 Å². The first-order chi connectivity index (χ1) is 26.0. The number of guanidine groups is 1. The van der Waals surface area contributed by atoms with Gasteiger partial charge in [-0.2, -0.15) is 0 Å². The van der Waals surface area contributed by atoms with E-state index in [9.17, 15) is 38.7 Å². The number of amides is 5. The van der Waals surface area contributed by atoms with Crippen LogP contribution in [0.3, 0.4) is 0 Å². The van der Waals surface area contributed by atoms with Crippen molar-refractivity contribution < 1.29 is 43.8 Å². The van der Waals surface area contributed by atoms with Crippen molar-refractivity contribution in [3.8, 4) is 0 Å². The van der Waals surface area contributed by atoms with Gasteiger partial charge in [-0.15, -0.1) is 0 Å². The Balaban J connectivity index is 2.33. The fourth-order valence-corrected chi connectivity index (χ4v) is 6.15. The molecule has 1 heterocycles. The average molecular weight is 775 g/mol. The third-order valence-electron chi connectivity index (χ3n) is 8.95. The molecule has 0 unspecified atom stereocenters. The summed E-state index contributed by atoms with van der Waals surface area (Å²) < 4.78 is 0. The van der Waals surface area contributed by atoms with Crippen molar-refractivity contribution in [2.24, 2.45) is 33.8 Å². The number of hydrogen-bond acceptors (Lipinski definition) is 10. The van der Waals surface area contributed by atoms with Gasteiger partial charge in [-0.05, 0) is 69.4 Å². The van der Waals surface area contributed by atoms with Gasteiger partial charge in [-0.25, -0.2) is 4.79 Å². The molecule has 0 aromatic heterocycles. The zero-order valence-corrected chi connectivity index (χ0v) is 31.6. The summed E-state index contributed by atoms with van der Waals surface area (Å²) in [6, 6.07) is 1.49. The third-order valence-corrected chi connectivity index (χ3v) is 8.95. The van der Waals surface area contributed by atoms with Gasteiger partial charge in [-0.3, -0.25) is 33.8 Å². The number of hydrogen-bond donors (Lipinski definition) is 10. The normalized spacial score (nSPS) is 16.5. The molecule has 1 fully saturated rings. The fraction of sp³-hybridized carbons (Fsp3) is 0.611. The van der Waals surface area contributed by atoms with Gasteiger partial charge in [-0.1, -0.05) is 44.2 Å². The Labute approximate surface area is 320 Å². The van der Waals surface area contributed by atoms with Crippen molar-refractivity contribution >= 4 is 47.4 Å². The maximum Gasteiger partial charge on any atom is 0.326 e. The summed E-state index contributed by atoms with van der Waals surface area (Å²) in [7, 11) is 0. The SMILES string of the molecule is CC(C)C[C@H](NC(=O)[C@@H]1CCCN1C(=O)[C@H](CCCN=C(N)N)NC(=O)[C@H](Cc1ccccc1)NC(=O)[C@@H](N)CC(=O)O)C(=O)N[C@@H](CCCCN)C(=O)O. The zero-order chi connectivity index (χ0) is 41.1. The highest BCUT2D eigenvalue weighted by atomic mass is 16.4. The number of benzene rings is 1. The average Bonchev–Trinajstić information content (AvgIpc) is 3.61. The maximum atomic E-state index is 14.2. The standard InChI is InChI=1S/C36H58N10O9/c1-21(2)18-26(31(50)43-25(35(54)55)12-6-7-15-37)45-33(52)28-14-9-17-46(28)34(53)24(13-8-16-41-36(39)40)42-32(51)27(19-22-10-4-3-5-11-22)44-30(49)23(38)20-29(47)48/h3-5,10-11,21,23-28H,6-9,12-20,37-38H2,1-2H3,(H,42,51)(H,43,50)(H,44,49)(H,45,52)(H,47,48)(H,54,55)(H4,39,40,41)/t23-,24-,25-,26-,27-,28-/m0/s1. The fourth-order valence-electron chi connectivity index (χ4n) is 6.15. The van der Waals surface area contributed by atoms with Gasteiger partial charge in [0.25, 0.3) is 0 Å². The summed E-state index contributed by atoms with van der Waals surface area (Å²) in [6.07, 6.45) is 1.70. The molecule has 19 heteroatoms. The third kappa shape index (κ3) is 16.3. The number of nitrogens with zero attached hydrogens (tertiary/aromatic N) is 2. The number of carboxylic acid groups (broad SMARTS) is 2. The Hall–Kier alpha value is -5.30. The first-order valence-electron chi connectivity index (χ1n) is 18.5. The van der Waals surface area contributed by atoms with Gasteiger partial charge >= 0.3 is 11.9 Å². The molecule has 1 saturated heterocycles. The lowest BCUT2D eigenvalue weighted by Gasteiger charge is -2.31. The van der Waals surface area contributed by atoms with Crippen LogP contribution in [0.5, 0.6) is 0 Å². The molecule has 1 aliphatic rings. The van der Waals surface area contributed by atoms with Crippen LogP contribution in [0.15, 0.2) is 35.3 Å². The number of aliphatic carboxylic acids is 2. The summed E-state index contributed by atoms with van der Waals surface area (Å²) in [4.78, 5) is 96.4. The summed E-state index contributed by atoms with van der Waals surface area (Å²) in [5, 5.41) is 29.3. The van der Waals surface area contributed by atoms with E-state index in [1.807, 2.05) is 13.8 Å². The van der Waals surface area contributed by atoms with E-state index in [1.54, 1.807) is 30.3 Å². The van der Waals surface area contributed by atoms with E-state index in [1.165, 1.54) is 4.90 Å². The molecule has 0 saturated carbocycles. The largest absolute Gasteiger partial charge is 0.481 e. The Morgan fingerprint density at radius 2 is 1.45 bits per heavy atom. The molecule has 19 nitrogen and oxygen atoms in total. The van der Waals surface area contributed by atoms with Crippen LogP contribution >= 0.6 is 0 Å². The monoisotopic (exact) mass is 774 g/mol. The molecule has 6 atom stereocenters. The lowest BCUT2D eigenvalue weighted by molar-refractivity contribution is -0.144. The van der Waals surface area contributed by atoms with E-state index in [-0.39, 0.29) is 63.5 Å². The van der Waals surface area contributed by atoms with E-state index in [4.69, 9.17) is 28.0 Å². The molecule has 1 aromatic rings. The van der Waals surface area contributed by atoms with Crippen molar-refractivity contribution in [3.63, 3.8) is 0 Å². The van der Waals surface area contributed by atoms with Crippen LogP contribution in [-0.4, -0.2) is 118 Å². The molecular formula is C36H58N10O9. The Morgan fingerprint density at radius 1 is 0.836 bits per heavy atom. The number of rotatable bonds is 24. The minimum atomic E-state index is -1.45. The number of unbranched alkanes of at least 4 members (excludes halogenated alkanes) is 1. The van der Waals surface area contributed by atoms with Crippen molar-refractivity contribution in [2.75, 3.05) is 19.6 Å². The molecule has 0 aliphatic carbocycles. The molecule has 1 aromatic carbocycles. The number of likely N-dealkylation sites (tertiary alicyclic amines) is 1. The number of carbonyl (C=O) groups excluding carboxylic acids is 5. The number of aliphatic imine (C=N–C) groups is 1. The van der Waals surface area contributed by atoms with Gasteiger partial charge in [0.2, 0.25) is 29.5 Å². The van der Waals surface area contributed by atoms with Gasteiger partial charge < -0.3 is 59.3 Å². The van der Waals surface area contributed by atoms with Crippen molar-refractivity contribution in [3.05, 3.63) is 35.9 Å².